The number of hydrogen-bond donors (Lipinski definition) is 0. The van der Waals surface area contributed by atoms with E-state index in [2.05, 4.69) is 15.3 Å². The number of Topliss-reactive ketones (excluding diaryl/α,β-unsaturated/α-hetero) is 2. The fraction of sp³-hybridized carbons (Fsp3) is 0.471. The van der Waals surface area contributed by atoms with Crippen LogP contribution in [0.5, 0.6) is 0 Å². The number of pyridine rings is 2. The lowest BCUT2D eigenvalue weighted by atomic mass is 9.92. The predicted molar refractivity (Wildman–Crippen MR) is 180 cm³/mol. The first-order valence-electron chi connectivity index (χ1n) is 15.4. The van der Waals surface area contributed by atoms with Gasteiger partial charge in [0.2, 0.25) is 0 Å². The molecule has 0 aliphatic rings. The monoisotopic (exact) mass is 716 g/mol. The number of carbonyl (C=O) groups is 2. The molecular weight excluding hydrogens is 673 g/mol. The van der Waals surface area contributed by atoms with Crippen LogP contribution in [0.3, 0.4) is 0 Å². The van der Waals surface area contributed by atoms with Gasteiger partial charge in [-0.3, -0.25) is 14.6 Å². The second-order valence-electron chi connectivity index (χ2n) is 14.7. The van der Waals surface area contributed by atoms with Crippen molar-refractivity contribution in [3.8, 4) is 0 Å². The molecule has 0 saturated heterocycles. The third-order valence-corrected chi connectivity index (χ3v) is 12.8. The van der Waals surface area contributed by atoms with Crippen LogP contribution in [0, 0.1) is 5.21 Å². The maximum absolute atomic E-state index is 12.8. The van der Waals surface area contributed by atoms with E-state index in [-0.39, 0.29) is 33.5 Å². The molecular formula is C34H44N4O9S2. The van der Waals surface area contributed by atoms with Crippen molar-refractivity contribution in [3.63, 3.8) is 0 Å². The highest BCUT2D eigenvalue weighted by Crippen LogP contribution is 2.30. The van der Waals surface area contributed by atoms with Crippen LogP contribution in [-0.4, -0.2) is 53.2 Å². The van der Waals surface area contributed by atoms with E-state index in [1.165, 1.54) is 70.6 Å². The zero-order valence-electron chi connectivity index (χ0n) is 29.5. The van der Waals surface area contributed by atoms with Gasteiger partial charge in [-0.25, -0.2) is 16.8 Å². The molecule has 0 aliphatic heterocycles. The number of sulfone groups is 2. The summed E-state index contributed by atoms with van der Waals surface area (Å²) in [6.07, 6.45) is 4.58. The lowest BCUT2D eigenvalue weighted by Crippen LogP contribution is -2.42. The Hall–Kier alpha value is -4.24. The van der Waals surface area contributed by atoms with Crippen molar-refractivity contribution in [3.05, 3.63) is 89.3 Å². The SMILES string of the molecule is CC(C)(C)c1cc(CC(=O)C(C)(C)S(=O)(=O)c2ccc[n+]([O-])c2)no1.CC(C)(C)c1cc(CC(=O)C(C)(C)S(=O)(=O)c2cccnc2)no1. The van der Waals surface area contributed by atoms with Gasteiger partial charge in [-0.1, -0.05) is 51.9 Å². The number of carbonyl (C=O) groups excluding carboxylic acids is 2. The zero-order chi connectivity index (χ0) is 37.2. The van der Waals surface area contributed by atoms with E-state index in [0.717, 1.165) is 6.20 Å². The van der Waals surface area contributed by atoms with Crippen molar-refractivity contribution in [1.82, 2.24) is 15.3 Å². The van der Waals surface area contributed by atoms with Gasteiger partial charge in [-0.15, -0.1) is 0 Å². The van der Waals surface area contributed by atoms with Gasteiger partial charge in [0.25, 0.3) is 0 Å². The highest BCUT2D eigenvalue weighted by atomic mass is 32.2. The molecule has 15 heteroatoms. The smallest absolute Gasteiger partial charge is 0.199 e. The Bertz CT molecular complexity index is 2020. The number of hydrogen-bond acceptors (Lipinski definition) is 12. The van der Waals surface area contributed by atoms with Gasteiger partial charge in [-0.2, -0.15) is 4.73 Å². The molecule has 0 aliphatic carbocycles. The van der Waals surface area contributed by atoms with E-state index < -0.39 is 40.7 Å². The highest BCUT2D eigenvalue weighted by Gasteiger charge is 2.44. The second-order valence-corrected chi connectivity index (χ2v) is 19.7. The van der Waals surface area contributed by atoms with E-state index in [9.17, 15) is 31.6 Å². The van der Waals surface area contributed by atoms with E-state index in [1.54, 1.807) is 12.1 Å². The number of nitrogens with zero attached hydrogens (tertiary/aromatic N) is 4. The maximum Gasteiger partial charge on any atom is 0.199 e. The Balaban J connectivity index is 0.000000266. The minimum Gasteiger partial charge on any atom is -0.619 e. The second kappa shape index (κ2) is 13.9. The number of ketones is 2. The molecule has 4 rings (SSSR count). The van der Waals surface area contributed by atoms with Crippen LogP contribution in [-0.2, 0) is 52.9 Å². The van der Waals surface area contributed by atoms with Gasteiger partial charge in [-0.05, 0) is 45.9 Å². The average molecular weight is 717 g/mol. The number of rotatable bonds is 10. The van der Waals surface area contributed by atoms with Crippen molar-refractivity contribution in [1.29, 1.82) is 0 Å². The summed E-state index contributed by atoms with van der Waals surface area (Å²) in [5, 5.41) is 19.1. The summed E-state index contributed by atoms with van der Waals surface area (Å²) in [7, 11) is -7.88. The van der Waals surface area contributed by atoms with Crippen LogP contribution >= 0.6 is 0 Å². The fourth-order valence-corrected chi connectivity index (χ4v) is 7.12. The molecule has 0 fully saturated rings. The van der Waals surface area contributed by atoms with Gasteiger partial charge < -0.3 is 14.3 Å². The molecule has 49 heavy (non-hydrogen) atoms. The molecule has 0 N–H and O–H groups in total. The van der Waals surface area contributed by atoms with E-state index in [1.807, 2.05) is 41.5 Å². The third kappa shape index (κ3) is 8.68. The molecule has 0 atom stereocenters. The molecule has 4 aromatic heterocycles. The summed E-state index contributed by atoms with van der Waals surface area (Å²) in [6, 6.07) is 8.95. The fourth-order valence-electron chi connectivity index (χ4n) is 4.24. The van der Waals surface area contributed by atoms with Crippen molar-refractivity contribution in [2.24, 2.45) is 0 Å². The lowest BCUT2D eigenvalue weighted by Gasteiger charge is -2.22. The average Bonchev–Trinajstić information content (AvgIpc) is 3.68. The Morgan fingerprint density at radius 3 is 1.51 bits per heavy atom. The summed E-state index contributed by atoms with van der Waals surface area (Å²) < 4.78 is 58.6. The lowest BCUT2D eigenvalue weighted by molar-refractivity contribution is -0.607. The van der Waals surface area contributed by atoms with Crippen LogP contribution in [0.15, 0.2) is 80.0 Å². The maximum atomic E-state index is 12.8. The minimum atomic E-state index is -4.03. The van der Waals surface area contributed by atoms with E-state index in [0.29, 0.717) is 27.6 Å². The van der Waals surface area contributed by atoms with E-state index >= 15 is 0 Å². The van der Waals surface area contributed by atoms with Crippen LogP contribution in [0.25, 0.3) is 0 Å². The summed E-state index contributed by atoms with van der Waals surface area (Å²) in [5.41, 5.74) is 0.317. The molecule has 0 saturated carbocycles. The van der Waals surface area contributed by atoms with Crippen molar-refractivity contribution in [2.75, 3.05) is 0 Å². The van der Waals surface area contributed by atoms with Gasteiger partial charge in [0.1, 0.15) is 25.9 Å². The Labute approximate surface area is 287 Å². The molecule has 4 aromatic rings. The Morgan fingerprint density at radius 1 is 0.714 bits per heavy atom. The number of aromatic nitrogens is 4. The molecule has 266 valence electrons. The van der Waals surface area contributed by atoms with Gasteiger partial charge in [0.05, 0.1) is 29.1 Å². The van der Waals surface area contributed by atoms with Gasteiger partial charge in [0.15, 0.2) is 43.6 Å². The standard InChI is InChI=1S/C17H22N2O5S.C17H22N2O4S/c1-16(2,3)15-10-12(18-24-15)9-14(20)17(4,5)25(22,23)13-7-6-8-19(21)11-13;1-16(2,3)15-10-12(19-23-15)9-14(20)17(4,5)24(21,22)13-7-6-8-18-11-13/h6-8,10-11H,9H2,1-5H3;6-8,10-11H,9H2,1-5H3. The topological polar surface area (TPSA) is 194 Å². The molecule has 13 nitrogen and oxygen atoms in total. The summed E-state index contributed by atoms with van der Waals surface area (Å²) in [5.74, 6) is 0.298. The highest BCUT2D eigenvalue weighted by molar-refractivity contribution is 7.94. The summed E-state index contributed by atoms with van der Waals surface area (Å²) >= 11 is 0. The molecule has 0 aromatic carbocycles. The molecule has 0 bridgehead atoms. The first kappa shape index (κ1) is 39.2. The molecule has 0 amide bonds. The van der Waals surface area contributed by atoms with Gasteiger partial charge >= 0.3 is 0 Å². The quantitative estimate of drug-likeness (QED) is 0.162. The van der Waals surface area contributed by atoms with Crippen LogP contribution < -0.4 is 4.73 Å². The zero-order valence-corrected chi connectivity index (χ0v) is 31.1. The largest absolute Gasteiger partial charge is 0.619 e. The third-order valence-electron chi connectivity index (χ3n) is 7.97. The first-order chi connectivity index (χ1) is 22.3. The van der Waals surface area contributed by atoms with E-state index in [4.69, 9.17) is 9.05 Å². The molecule has 0 unspecified atom stereocenters. The Kier molecular flexibility index (Phi) is 11.2. The van der Waals surface area contributed by atoms with Crippen LogP contribution in [0.4, 0.5) is 0 Å². The first-order valence-corrected chi connectivity index (χ1v) is 18.4. The summed E-state index contributed by atoms with van der Waals surface area (Å²) in [6.45, 7) is 17.2. The summed E-state index contributed by atoms with van der Waals surface area (Å²) in [4.78, 5) is 28.9. The van der Waals surface area contributed by atoms with Crippen LogP contribution in [0.1, 0.15) is 92.1 Å². The van der Waals surface area contributed by atoms with Crippen molar-refractivity contribution < 1.29 is 40.2 Å². The Morgan fingerprint density at radius 2 is 1.14 bits per heavy atom. The van der Waals surface area contributed by atoms with Crippen molar-refractivity contribution >= 4 is 31.2 Å². The molecule has 4 heterocycles. The van der Waals surface area contributed by atoms with Crippen LogP contribution in [0.2, 0.25) is 0 Å². The van der Waals surface area contributed by atoms with Crippen molar-refractivity contribution in [2.45, 2.75) is 112 Å². The predicted octanol–water partition coefficient (Wildman–Crippen LogP) is 4.70. The van der Waals surface area contributed by atoms with Gasteiger partial charge in [0, 0.05) is 41.4 Å². The molecule has 0 radical (unpaired) electrons. The molecule has 0 spiro atoms. The minimum absolute atomic E-state index is 0.0267. The normalized spacial score (nSPS) is 13.0.